The first-order chi connectivity index (χ1) is 29.2. The highest BCUT2D eigenvalue weighted by Crippen LogP contribution is 2.38. The number of ether oxygens (including phenoxy) is 2. The first-order valence-electron chi connectivity index (χ1n) is 23.4. The van der Waals surface area contributed by atoms with Crippen LogP contribution in [0, 0.1) is 11.8 Å². The molecule has 1 unspecified atom stereocenters. The molecule has 0 aromatic carbocycles. The molecule has 0 bridgehead atoms. The second-order valence-electron chi connectivity index (χ2n) is 17.5. The summed E-state index contributed by atoms with van der Waals surface area (Å²) in [6.45, 7) is 3.79. The zero-order valence-corrected chi connectivity index (χ0v) is 39.5. The maximum absolute atomic E-state index is 12.8. The van der Waals surface area contributed by atoms with E-state index in [0.717, 1.165) is 77.0 Å². The summed E-state index contributed by atoms with van der Waals surface area (Å²) < 4.78 is 33.9. The van der Waals surface area contributed by atoms with E-state index in [1.54, 1.807) is 12.2 Å². The lowest BCUT2D eigenvalue weighted by atomic mass is 9.88. The summed E-state index contributed by atoms with van der Waals surface area (Å²) in [6.07, 6.45) is 33.2. The highest BCUT2D eigenvalue weighted by molar-refractivity contribution is 7.45. The van der Waals surface area contributed by atoms with Gasteiger partial charge in [0.25, 0.3) is 7.82 Å². The van der Waals surface area contributed by atoms with Crippen molar-refractivity contribution < 1.29 is 57.1 Å². The van der Waals surface area contributed by atoms with Crippen LogP contribution in [0.4, 0.5) is 0 Å². The minimum Gasteiger partial charge on any atom is -0.756 e. The Balaban J connectivity index is 2.47. The summed E-state index contributed by atoms with van der Waals surface area (Å²) in [5.74, 6) is -1.62. The average Bonchev–Trinajstić information content (AvgIpc) is 3.47. The Morgan fingerprint density at radius 2 is 1.36 bits per heavy atom. The Bertz CT molecular complexity index is 1340. The molecule has 0 aromatic rings. The molecule has 1 aliphatic carbocycles. The van der Waals surface area contributed by atoms with Gasteiger partial charge >= 0.3 is 11.9 Å². The zero-order chi connectivity index (χ0) is 45.2. The van der Waals surface area contributed by atoms with Gasteiger partial charge in [0.05, 0.1) is 40.0 Å². The molecule has 13 heteroatoms. The fraction of sp³-hybridized carbons (Fsp3) is 0.771. The second-order valence-corrected chi connectivity index (χ2v) is 19.0. The third kappa shape index (κ3) is 32.0. The monoisotopic (exact) mass is 882 g/mol. The first-order valence-corrected chi connectivity index (χ1v) is 24.9. The number of nitrogens with zero attached hydrogens (tertiary/aromatic N) is 1. The Morgan fingerprint density at radius 3 is 2.00 bits per heavy atom. The van der Waals surface area contributed by atoms with Gasteiger partial charge < -0.3 is 38.1 Å². The van der Waals surface area contributed by atoms with Crippen LogP contribution in [-0.2, 0) is 37.5 Å². The number of carbonyl (C=O) groups excluding carboxylic acids is 3. The molecule has 2 N–H and O–H groups in total. The molecule has 352 valence electrons. The quantitative estimate of drug-likeness (QED) is 0.0199. The molecule has 0 spiro atoms. The number of hydrogen-bond donors (Lipinski definition) is 2. The van der Waals surface area contributed by atoms with Gasteiger partial charge in [-0.25, -0.2) is 0 Å². The van der Waals surface area contributed by atoms with Gasteiger partial charge in [0, 0.05) is 25.2 Å². The van der Waals surface area contributed by atoms with Gasteiger partial charge in [0.2, 0.25) is 0 Å². The van der Waals surface area contributed by atoms with E-state index >= 15 is 0 Å². The Hall–Kier alpha value is -2.44. The summed E-state index contributed by atoms with van der Waals surface area (Å²) in [7, 11) is 1.00. The van der Waals surface area contributed by atoms with Crippen molar-refractivity contribution in [2.75, 3.05) is 47.5 Å². The number of aliphatic hydroxyl groups excluding tert-OH is 2. The van der Waals surface area contributed by atoms with Crippen LogP contribution in [0.5, 0.6) is 0 Å². The lowest BCUT2D eigenvalue weighted by molar-refractivity contribution is -0.870. The van der Waals surface area contributed by atoms with Gasteiger partial charge in [0.15, 0.2) is 6.10 Å². The number of rotatable bonds is 38. The number of unbranched alkanes of at least 4 members (excludes halogenated alkanes) is 12. The van der Waals surface area contributed by atoms with E-state index in [-0.39, 0.29) is 44.2 Å². The highest BCUT2D eigenvalue weighted by atomic mass is 31.2. The molecule has 0 amide bonds. The molecule has 1 saturated carbocycles. The molecule has 0 radical (unpaired) electrons. The standard InChI is InChI=1S/C48H84NO11P/c1-6-8-10-11-12-13-14-15-16-17-18-19-20-21-22-23-28-32-47(53)57-39-42(40-59-61(55,56)58-37-36-49(3,4)5)60-48(54)33-29-25-24-27-31-43-44(46(52)38-45(43)51)35-34-41(50)30-26-9-7-2/h12-13,15-16,18-19,34-35,41-45,50-51H,6-11,14,17,20-33,36-40H2,1-5H3/b13-12-,16-15-,19-18-,35-34+/t41-,42+,43+,44+,45-/m0/s1. The van der Waals surface area contributed by atoms with E-state index in [1.807, 2.05) is 21.1 Å². The van der Waals surface area contributed by atoms with Gasteiger partial charge in [-0.1, -0.05) is 127 Å². The van der Waals surface area contributed by atoms with Gasteiger partial charge in [0.1, 0.15) is 25.5 Å². The summed E-state index contributed by atoms with van der Waals surface area (Å²) >= 11 is 0. The molecule has 1 fully saturated rings. The molecule has 0 aliphatic heterocycles. The van der Waals surface area contributed by atoms with Crippen molar-refractivity contribution in [2.24, 2.45) is 11.8 Å². The van der Waals surface area contributed by atoms with Crippen LogP contribution in [-0.4, -0.2) is 98.2 Å². The predicted octanol–water partition coefficient (Wildman–Crippen LogP) is 9.42. The number of phosphoric ester groups is 1. The lowest BCUT2D eigenvalue weighted by Gasteiger charge is -2.28. The van der Waals surface area contributed by atoms with Crippen LogP contribution in [0.25, 0.3) is 0 Å². The number of Topliss-reactive ketones (excluding diaryl/α,β-unsaturated/α-hetero) is 1. The molecule has 12 nitrogen and oxygen atoms in total. The van der Waals surface area contributed by atoms with Crippen molar-refractivity contribution in [1.29, 1.82) is 0 Å². The molecule has 0 saturated heterocycles. The van der Waals surface area contributed by atoms with Crippen LogP contribution in [0.15, 0.2) is 48.6 Å². The SMILES string of the molecule is CCCCC/C=C\C/C=C\C/C=C\CCCCCCC(=O)OC[C@H](COP(=O)([O-])OCC[N+](C)(C)C)OC(=O)CCCCCC[C@H]1[C@@H](O)CC(=O)[C@@H]1/C=C/[C@@H](O)CCCCC. The van der Waals surface area contributed by atoms with Crippen LogP contribution >= 0.6 is 7.82 Å². The van der Waals surface area contributed by atoms with Crippen molar-refractivity contribution in [3.63, 3.8) is 0 Å². The first kappa shape index (κ1) is 56.6. The Kier molecular flexibility index (Phi) is 32.4. The van der Waals surface area contributed by atoms with E-state index in [0.29, 0.717) is 43.1 Å². The van der Waals surface area contributed by atoms with Crippen molar-refractivity contribution in [2.45, 2.75) is 180 Å². The number of hydrogen-bond acceptors (Lipinski definition) is 11. The van der Waals surface area contributed by atoms with Crippen LogP contribution in [0.2, 0.25) is 0 Å². The summed E-state index contributed by atoms with van der Waals surface area (Å²) in [4.78, 5) is 50.4. The third-order valence-electron chi connectivity index (χ3n) is 10.7. The van der Waals surface area contributed by atoms with E-state index in [4.69, 9.17) is 18.5 Å². The van der Waals surface area contributed by atoms with E-state index in [2.05, 4.69) is 50.3 Å². The summed E-state index contributed by atoms with van der Waals surface area (Å²) in [5, 5.41) is 20.8. The molecular formula is C48H84NO11P. The lowest BCUT2D eigenvalue weighted by Crippen LogP contribution is -2.37. The number of esters is 2. The van der Waals surface area contributed by atoms with Crippen LogP contribution < -0.4 is 4.89 Å². The molecule has 1 aliphatic rings. The van der Waals surface area contributed by atoms with Crippen molar-refractivity contribution in [1.82, 2.24) is 0 Å². The smallest absolute Gasteiger partial charge is 0.306 e. The number of aliphatic hydroxyl groups is 2. The minimum absolute atomic E-state index is 0.00389. The number of allylic oxidation sites excluding steroid dienone is 7. The fourth-order valence-electron chi connectivity index (χ4n) is 6.98. The zero-order valence-electron chi connectivity index (χ0n) is 38.6. The topological polar surface area (TPSA) is 169 Å². The average molecular weight is 882 g/mol. The number of ketones is 1. The summed E-state index contributed by atoms with van der Waals surface area (Å²) in [5.41, 5.74) is 0. The number of phosphoric acid groups is 1. The van der Waals surface area contributed by atoms with Gasteiger partial charge in [-0.2, -0.15) is 0 Å². The van der Waals surface area contributed by atoms with E-state index < -0.39 is 50.6 Å². The molecule has 0 heterocycles. The Labute approximate surface area is 369 Å². The maximum atomic E-state index is 12.8. The van der Waals surface area contributed by atoms with Gasteiger partial charge in [-0.05, 0) is 70.1 Å². The van der Waals surface area contributed by atoms with Crippen molar-refractivity contribution in [3.05, 3.63) is 48.6 Å². The maximum Gasteiger partial charge on any atom is 0.306 e. The van der Waals surface area contributed by atoms with Crippen molar-refractivity contribution >= 4 is 25.5 Å². The largest absolute Gasteiger partial charge is 0.756 e. The van der Waals surface area contributed by atoms with E-state index in [9.17, 15) is 34.1 Å². The number of likely N-dealkylation sites (N-methyl/N-ethyl adjacent to an activating group) is 1. The van der Waals surface area contributed by atoms with Crippen LogP contribution in [0.1, 0.15) is 162 Å². The minimum atomic E-state index is -4.70. The van der Waals surface area contributed by atoms with Gasteiger partial charge in [-0.3, -0.25) is 18.9 Å². The molecule has 6 atom stereocenters. The van der Waals surface area contributed by atoms with Crippen molar-refractivity contribution in [3.8, 4) is 0 Å². The van der Waals surface area contributed by atoms with Gasteiger partial charge in [-0.15, -0.1) is 0 Å². The Morgan fingerprint density at radius 1 is 0.787 bits per heavy atom. The molecule has 0 aromatic heterocycles. The molecule has 1 rings (SSSR count). The van der Waals surface area contributed by atoms with E-state index in [1.165, 1.54) is 19.3 Å². The summed E-state index contributed by atoms with van der Waals surface area (Å²) in [6, 6.07) is 0. The highest BCUT2D eigenvalue weighted by Gasteiger charge is 2.39. The second kappa shape index (κ2) is 35.0. The predicted molar refractivity (Wildman–Crippen MR) is 241 cm³/mol. The van der Waals surface area contributed by atoms with Crippen LogP contribution in [0.3, 0.4) is 0 Å². The molecule has 61 heavy (non-hydrogen) atoms. The number of quaternary nitrogens is 1. The molecular weight excluding hydrogens is 797 g/mol. The third-order valence-corrected chi connectivity index (χ3v) is 11.7. The number of carbonyl (C=O) groups is 3. The fourth-order valence-corrected chi connectivity index (χ4v) is 7.71. The normalized spacial score (nSPS) is 19.4.